The van der Waals surface area contributed by atoms with Crippen molar-refractivity contribution in [2.45, 2.75) is 25.1 Å². The molecule has 1 aromatic rings. The predicted octanol–water partition coefficient (Wildman–Crippen LogP) is 3.26. The summed E-state index contributed by atoms with van der Waals surface area (Å²) in [4.78, 5) is 0. The molecular weight excluding hydrogens is 281 g/mol. The zero-order valence-corrected chi connectivity index (χ0v) is 11.3. The summed E-state index contributed by atoms with van der Waals surface area (Å²) in [6, 6.07) is 5.45. The number of halogens is 3. The van der Waals surface area contributed by atoms with Gasteiger partial charge in [-0.25, -0.2) is 0 Å². The molecule has 0 unspecified atom stereocenters. The number of rotatable bonds is 6. The van der Waals surface area contributed by atoms with E-state index in [-0.39, 0.29) is 17.9 Å². The molecule has 21 heavy (non-hydrogen) atoms. The Labute approximate surface area is 121 Å². The molecule has 1 saturated carbocycles. The molecule has 1 fully saturated rings. The Morgan fingerprint density at radius 1 is 1.43 bits per heavy atom. The average Bonchev–Trinajstić information content (AvgIpc) is 3.26. The fourth-order valence-electron chi connectivity index (χ4n) is 1.75. The third-order valence-corrected chi connectivity index (χ3v) is 3.06. The first kappa shape index (κ1) is 15.4. The van der Waals surface area contributed by atoms with Gasteiger partial charge in [0.05, 0.1) is 17.2 Å². The second-order valence-electron chi connectivity index (χ2n) is 5.01. The van der Waals surface area contributed by atoms with Crippen LogP contribution in [0, 0.1) is 11.3 Å². The number of ether oxygens (including phenoxy) is 1. The highest BCUT2D eigenvalue weighted by Crippen LogP contribution is 2.36. The van der Waals surface area contributed by atoms with Crippen molar-refractivity contribution in [1.29, 1.82) is 5.26 Å². The number of hydrogen-bond donors (Lipinski definition) is 1. The van der Waals surface area contributed by atoms with Gasteiger partial charge in [0.2, 0.25) is 0 Å². The van der Waals surface area contributed by atoms with Crippen LogP contribution in [0.1, 0.15) is 24.0 Å². The smallest absolute Gasteiger partial charge is 0.420 e. The normalized spacial score (nSPS) is 14.6. The summed E-state index contributed by atoms with van der Waals surface area (Å²) >= 11 is 0. The standard InChI is InChI=1S/C15H15F3N2O/c1-10(8-20-12-3-4-12)9-21-14-5-2-11(7-19)6-13(14)15(16,17)18/h2,5-6,12,20H,1,3-4,8-9H2. The van der Waals surface area contributed by atoms with Crippen LogP contribution in [-0.2, 0) is 6.18 Å². The summed E-state index contributed by atoms with van der Waals surface area (Å²) < 4.78 is 44.0. The van der Waals surface area contributed by atoms with Gasteiger partial charge in [0, 0.05) is 12.6 Å². The lowest BCUT2D eigenvalue weighted by Crippen LogP contribution is -2.21. The molecule has 0 aliphatic heterocycles. The van der Waals surface area contributed by atoms with Crippen LogP contribution >= 0.6 is 0 Å². The van der Waals surface area contributed by atoms with E-state index in [9.17, 15) is 13.2 Å². The van der Waals surface area contributed by atoms with Crippen molar-refractivity contribution in [1.82, 2.24) is 5.32 Å². The molecule has 0 amide bonds. The maximum Gasteiger partial charge on any atom is 0.420 e. The largest absolute Gasteiger partial charge is 0.489 e. The number of nitriles is 1. The molecule has 6 heteroatoms. The molecule has 0 spiro atoms. The van der Waals surface area contributed by atoms with Gasteiger partial charge in [0.1, 0.15) is 12.4 Å². The van der Waals surface area contributed by atoms with E-state index in [1.165, 1.54) is 12.1 Å². The molecule has 1 N–H and O–H groups in total. The van der Waals surface area contributed by atoms with E-state index in [2.05, 4.69) is 11.9 Å². The summed E-state index contributed by atoms with van der Waals surface area (Å²) in [5, 5.41) is 11.9. The summed E-state index contributed by atoms with van der Waals surface area (Å²) in [6.45, 7) is 4.31. The topological polar surface area (TPSA) is 45.0 Å². The second kappa shape index (κ2) is 6.19. The van der Waals surface area contributed by atoms with Crippen LogP contribution in [0.4, 0.5) is 13.2 Å². The van der Waals surface area contributed by atoms with Crippen molar-refractivity contribution < 1.29 is 17.9 Å². The van der Waals surface area contributed by atoms with Crippen molar-refractivity contribution in [3.8, 4) is 11.8 Å². The number of nitrogens with one attached hydrogen (secondary N) is 1. The molecule has 3 nitrogen and oxygen atoms in total. The van der Waals surface area contributed by atoms with Gasteiger partial charge in [-0.2, -0.15) is 18.4 Å². The van der Waals surface area contributed by atoms with Crippen molar-refractivity contribution in [3.05, 3.63) is 41.5 Å². The molecule has 1 aromatic carbocycles. The van der Waals surface area contributed by atoms with Crippen LogP contribution in [0.3, 0.4) is 0 Å². The van der Waals surface area contributed by atoms with E-state index in [0.717, 1.165) is 18.9 Å². The molecule has 1 aliphatic carbocycles. The molecule has 0 saturated heterocycles. The van der Waals surface area contributed by atoms with Gasteiger partial charge in [-0.15, -0.1) is 0 Å². The van der Waals surface area contributed by atoms with Crippen molar-refractivity contribution in [3.63, 3.8) is 0 Å². The quantitative estimate of drug-likeness (QED) is 0.820. The van der Waals surface area contributed by atoms with Crippen LogP contribution in [0.15, 0.2) is 30.4 Å². The monoisotopic (exact) mass is 296 g/mol. The van der Waals surface area contributed by atoms with Gasteiger partial charge in [-0.1, -0.05) is 6.58 Å². The maximum absolute atomic E-state index is 12.9. The van der Waals surface area contributed by atoms with Crippen LogP contribution in [-0.4, -0.2) is 19.2 Å². The fraction of sp³-hybridized carbons (Fsp3) is 0.400. The van der Waals surface area contributed by atoms with Gasteiger partial charge in [0.15, 0.2) is 0 Å². The maximum atomic E-state index is 12.9. The number of nitrogens with zero attached hydrogens (tertiary/aromatic N) is 1. The average molecular weight is 296 g/mol. The van der Waals surface area contributed by atoms with E-state index in [1.807, 2.05) is 0 Å². The predicted molar refractivity (Wildman–Crippen MR) is 71.8 cm³/mol. The molecule has 2 rings (SSSR count). The molecule has 0 heterocycles. The van der Waals surface area contributed by atoms with Crippen molar-refractivity contribution in [2.75, 3.05) is 13.2 Å². The minimum Gasteiger partial charge on any atom is -0.489 e. The molecule has 1 aliphatic rings. The summed E-state index contributed by atoms with van der Waals surface area (Å²) in [5.41, 5.74) is -0.312. The minimum absolute atomic E-state index is 0.00863. The highest BCUT2D eigenvalue weighted by molar-refractivity contribution is 5.43. The van der Waals surface area contributed by atoms with Crippen molar-refractivity contribution >= 4 is 0 Å². The van der Waals surface area contributed by atoms with Gasteiger partial charge in [-0.3, -0.25) is 0 Å². The van der Waals surface area contributed by atoms with Crippen LogP contribution in [0.5, 0.6) is 5.75 Å². The van der Waals surface area contributed by atoms with E-state index >= 15 is 0 Å². The Bertz CT molecular complexity index is 571. The van der Waals surface area contributed by atoms with Gasteiger partial charge >= 0.3 is 6.18 Å². The fourth-order valence-corrected chi connectivity index (χ4v) is 1.75. The zero-order chi connectivity index (χ0) is 15.5. The molecule has 112 valence electrons. The van der Waals surface area contributed by atoms with E-state index < -0.39 is 11.7 Å². The first-order chi connectivity index (χ1) is 9.90. The SMILES string of the molecule is C=C(CNC1CC1)COc1ccc(C#N)cc1C(F)(F)F. The van der Waals surface area contributed by atoms with E-state index in [0.29, 0.717) is 18.2 Å². The third-order valence-electron chi connectivity index (χ3n) is 3.06. The van der Waals surface area contributed by atoms with Crippen molar-refractivity contribution in [2.24, 2.45) is 0 Å². The Morgan fingerprint density at radius 2 is 2.14 bits per heavy atom. The number of alkyl halides is 3. The molecular formula is C15H15F3N2O. The molecule has 0 aromatic heterocycles. The summed E-state index contributed by atoms with van der Waals surface area (Å²) in [6.07, 6.45) is -2.31. The lowest BCUT2D eigenvalue weighted by atomic mass is 10.1. The van der Waals surface area contributed by atoms with E-state index in [4.69, 9.17) is 10.00 Å². The summed E-state index contributed by atoms with van der Waals surface area (Å²) in [7, 11) is 0. The highest BCUT2D eigenvalue weighted by atomic mass is 19.4. The zero-order valence-electron chi connectivity index (χ0n) is 11.3. The molecule has 0 radical (unpaired) electrons. The Morgan fingerprint density at radius 3 is 2.71 bits per heavy atom. The highest BCUT2D eigenvalue weighted by Gasteiger charge is 2.34. The third kappa shape index (κ3) is 4.50. The lowest BCUT2D eigenvalue weighted by Gasteiger charge is -2.15. The Hall–Kier alpha value is -2.00. The Kier molecular flexibility index (Phi) is 4.53. The second-order valence-corrected chi connectivity index (χ2v) is 5.01. The Balaban J connectivity index is 2.01. The lowest BCUT2D eigenvalue weighted by molar-refractivity contribution is -0.138. The van der Waals surface area contributed by atoms with Gasteiger partial charge in [0.25, 0.3) is 0 Å². The first-order valence-electron chi connectivity index (χ1n) is 6.54. The van der Waals surface area contributed by atoms with Crippen LogP contribution < -0.4 is 10.1 Å². The van der Waals surface area contributed by atoms with E-state index in [1.54, 1.807) is 6.07 Å². The minimum atomic E-state index is -4.56. The van der Waals surface area contributed by atoms with Crippen LogP contribution in [0.25, 0.3) is 0 Å². The van der Waals surface area contributed by atoms with Gasteiger partial charge < -0.3 is 10.1 Å². The summed E-state index contributed by atoms with van der Waals surface area (Å²) in [5.74, 6) is -0.283. The van der Waals surface area contributed by atoms with Crippen LogP contribution in [0.2, 0.25) is 0 Å². The number of hydrogen-bond acceptors (Lipinski definition) is 3. The first-order valence-corrected chi connectivity index (χ1v) is 6.54. The molecule has 0 bridgehead atoms. The number of benzene rings is 1. The molecule has 0 atom stereocenters. The van der Waals surface area contributed by atoms with Gasteiger partial charge in [-0.05, 0) is 36.6 Å².